The van der Waals surface area contributed by atoms with Gasteiger partial charge in [0.2, 0.25) is 0 Å². The van der Waals surface area contributed by atoms with E-state index in [-0.39, 0.29) is 29.1 Å². The lowest BCUT2D eigenvalue weighted by molar-refractivity contribution is -0.113. The van der Waals surface area contributed by atoms with Crippen LogP contribution in [0.2, 0.25) is 18.1 Å². The van der Waals surface area contributed by atoms with Gasteiger partial charge in [-0.3, -0.25) is 0 Å². The average Bonchev–Trinajstić information content (AvgIpc) is 2.84. The molecule has 0 spiro atoms. The molecule has 0 aromatic carbocycles. The fourth-order valence-electron chi connectivity index (χ4n) is 2.32. The van der Waals surface area contributed by atoms with E-state index in [0.29, 0.717) is 6.61 Å². The minimum Gasteiger partial charge on any atom is -0.416 e. The maximum atomic E-state index is 11.2. The molecule has 2 bridgehead atoms. The molecule has 0 saturated carbocycles. The van der Waals surface area contributed by atoms with Crippen LogP contribution < -0.4 is 0 Å². The van der Waals surface area contributed by atoms with Crippen molar-refractivity contribution < 1.29 is 14.0 Å². The van der Waals surface area contributed by atoms with E-state index in [1.807, 2.05) is 6.08 Å². The number of rotatable bonds is 4. The number of ether oxygens (including phenoxy) is 1. The average molecular weight is 268 g/mol. The Morgan fingerprint density at radius 3 is 2.44 bits per heavy atom. The second kappa shape index (κ2) is 4.58. The predicted octanol–water partition coefficient (Wildman–Crippen LogP) is 2.78. The summed E-state index contributed by atoms with van der Waals surface area (Å²) >= 11 is 0. The van der Waals surface area contributed by atoms with Crippen LogP contribution in [0.25, 0.3) is 0 Å². The zero-order chi connectivity index (χ0) is 13.6. The van der Waals surface area contributed by atoms with Crippen molar-refractivity contribution in [1.29, 1.82) is 0 Å². The van der Waals surface area contributed by atoms with Gasteiger partial charge < -0.3 is 14.0 Å². The number of carbonyl (C=O) groups is 1. The zero-order valence-corrected chi connectivity index (χ0v) is 13.0. The maximum Gasteiger partial charge on any atom is 0.191 e. The summed E-state index contributed by atoms with van der Waals surface area (Å²) in [6.45, 7) is 11.8. The summed E-state index contributed by atoms with van der Waals surface area (Å²) in [5.74, 6) is 0.177. The van der Waals surface area contributed by atoms with Gasteiger partial charge in [0.1, 0.15) is 6.29 Å². The number of carbonyl (C=O) groups excluding carboxylic acids is 1. The Bertz CT molecular complexity index is 357. The van der Waals surface area contributed by atoms with Crippen LogP contribution in [-0.4, -0.2) is 33.4 Å². The third kappa shape index (κ3) is 2.33. The van der Waals surface area contributed by atoms with Gasteiger partial charge in [0.25, 0.3) is 0 Å². The molecule has 0 aliphatic carbocycles. The number of aldehydes is 1. The van der Waals surface area contributed by atoms with Crippen molar-refractivity contribution in [2.75, 3.05) is 6.61 Å². The zero-order valence-electron chi connectivity index (χ0n) is 12.0. The fourth-order valence-corrected chi connectivity index (χ4v) is 3.36. The molecule has 1 saturated heterocycles. The van der Waals surface area contributed by atoms with E-state index >= 15 is 0 Å². The van der Waals surface area contributed by atoms with E-state index in [1.54, 1.807) is 0 Å². The van der Waals surface area contributed by atoms with Crippen molar-refractivity contribution in [1.82, 2.24) is 0 Å². The van der Waals surface area contributed by atoms with Gasteiger partial charge in [-0.2, -0.15) is 0 Å². The second-order valence-electron chi connectivity index (χ2n) is 6.90. The van der Waals surface area contributed by atoms with E-state index in [1.165, 1.54) is 0 Å². The lowest BCUT2D eigenvalue weighted by Crippen LogP contribution is -2.43. The summed E-state index contributed by atoms with van der Waals surface area (Å²) in [7, 11) is -1.74. The quantitative estimate of drug-likeness (QED) is 0.447. The smallest absolute Gasteiger partial charge is 0.191 e. The maximum absolute atomic E-state index is 11.2. The standard InChI is InChI=1S/C14H24O3Si/c1-14(2,3)18(4,5)16-9-11-10(8-15)12-6-7-13(11)17-12/h6-8,10-13H,9H2,1-5H3/t10-,11+,12+,13-/m1/s1. The summed E-state index contributed by atoms with van der Waals surface area (Å²) in [6.07, 6.45) is 5.18. The Morgan fingerprint density at radius 2 is 1.89 bits per heavy atom. The van der Waals surface area contributed by atoms with Crippen LogP contribution in [0.1, 0.15) is 20.8 Å². The molecule has 4 heteroatoms. The molecule has 0 aromatic rings. The summed E-state index contributed by atoms with van der Waals surface area (Å²) in [5.41, 5.74) is 0. The molecule has 1 fully saturated rings. The van der Waals surface area contributed by atoms with E-state index in [4.69, 9.17) is 9.16 Å². The van der Waals surface area contributed by atoms with Gasteiger partial charge in [-0.15, -0.1) is 0 Å². The van der Waals surface area contributed by atoms with Gasteiger partial charge in [-0.25, -0.2) is 0 Å². The predicted molar refractivity (Wildman–Crippen MR) is 74.0 cm³/mol. The molecule has 0 amide bonds. The third-order valence-corrected chi connectivity index (χ3v) is 9.20. The first-order chi connectivity index (χ1) is 8.26. The van der Waals surface area contributed by atoms with Gasteiger partial charge in [0.05, 0.1) is 18.1 Å². The Hall–Kier alpha value is -0.453. The topological polar surface area (TPSA) is 35.5 Å². The van der Waals surface area contributed by atoms with Crippen LogP contribution in [0.15, 0.2) is 12.2 Å². The first-order valence-electron chi connectivity index (χ1n) is 6.69. The summed E-state index contributed by atoms with van der Waals surface area (Å²) < 4.78 is 12.0. The number of hydrogen-bond acceptors (Lipinski definition) is 3. The Morgan fingerprint density at radius 1 is 1.28 bits per heavy atom. The molecule has 2 rings (SSSR count). The van der Waals surface area contributed by atoms with Crippen molar-refractivity contribution in [2.24, 2.45) is 11.8 Å². The molecule has 2 aliphatic heterocycles. The third-order valence-electron chi connectivity index (χ3n) is 4.70. The lowest BCUT2D eigenvalue weighted by atomic mass is 9.85. The van der Waals surface area contributed by atoms with Crippen molar-refractivity contribution in [3.05, 3.63) is 12.2 Å². The molecule has 0 aromatic heterocycles. The highest BCUT2D eigenvalue weighted by molar-refractivity contribution is 6.74. The van der Waals surface area contributed by atoms with Crippen LogP contribution in [0.5, 0.6) is 0 Å². The molecule has 4 atom stereocenters. The van der Waals surface area contributed by atoms with Crippen molar-refractivity contribution >= 4 is 14.6 Å². The highest BCUT2D eigenvalue weighted by atomic mass is 28.4. The summed E-state index contributed by atoms with van der Waals surface area (Å²) in [6, 6.07) is 0. The Labute approximate surface area is 111 Å². The van der Waals surface area contributed by atoms with Crippen LogP contribution in [-0.2, 0) is 14.0 Å². The number of hydrogen-bond donors (Lipinski definition) is 0. The molecule has 102 valence electrons. The van der Waals surface area contributed by atoms with E-state index in [9.17, 15) is 4.79 Å². The highest BCUT2D eigenvalue weighted by Gasteiger charge is 2.47. The molecule has 3 nitrogen and oxygen atoms in total. The van der Waals surface area contributed by atoms with Crippen LogP contribution in [0.3, 0.4) is 0 Å². The highest BCUT2D eigenvalue weighted by Crippen LogP contribution is 2.41. The van der Waals surface area contributed by atoms with Crippen LogP contribution >= 0.6 is 0 Å². The largest absolute Gasteiger partial charge is 0.416 e. The van der Waals surface area contributed by atoms with Crippen molar-refractivity contribution in [3.63, 3.8) is 0 Å². The van der Waals surface area contributed by atoms with Gasteiger partial charge in [0.15, 0.2) is 8.32 Å². The first kappa shape index (κ1) is 14.0. The monoisotopic (exact) mass is 268 g/mol. The normalized spacial score (nSPS) is 35.2. The lowest BCUT2D eigenvalue weighted by Gasteiger charge is -2.37. The molecule has 2 aliphatic rings. The molecular weight excluding hydrogens is 244 g/mol. The van der Waals surface area contributed by atoms with Crippen LogP contribution in [0, 0.1) is 11.8 Å². The molecule has 0 N–H and O–H groups in total. The van der Waals surface area contributed by atoms with Gasteiger partial charge in [0, 0.05) is 12.5 Å². The van der Waals surface area contributed by atoms with E-state index in [0.717, 1.165) is 6.29 Å². The SMILES string of the molecule is CC(C)(C)[Si](C)(C)OC[C@H]1[C@@H](C=O)[C@@H]2C=C[C@H]1O2. The Balaban J connectivity index is 1.99. The molecule has 2 heterocycles. The minimum atomic E-state index is -1.74. The van der Waals surface area contributed by atoms with Gasteiger partial charge >= 0.3 is 0 Å². The van der Waals surface area contributed by atoms with Crippen molar-refractivity contribution in [2.45, 2.75) is 51.1 Å². The van der Waals surface area contributed by atoms with E-state index in [2.05, 4.69) is 39.9 Å². The summed E-state index contributed by atoms with van der Waals surface area (Å²) in [5, 5.41) is 0.206. The minimum absolute atomic E-state index is 0.0134. The number of fused-ring (bicyclic) bond motifs is 2. The van der Waals surface area contributed by atoms with Gasteiger partial charge in [-0.05, 0) is 18.1 Å². The molecule has 0 unspecified atom stereocenters. The van der Waals surface area contributed by atoms with Crippen molar-refractivity contribution in [3.8, 4) is 0 Å². The van der Waals surface area contributed by atoms with Crippen LogP contribution in [0.4, 0.5) is 0 Å². The fraction of sp³-hybridized carbons (Fsp3) is 0.786. The van der Waals surface area contributed by atoms with E-state index < -0.39 is 8.32 Å². The first-order valence-corrected chi connectivity index (χ1v) is 9.60. The van der Waals surface area contributed by atoms with Gasteiger partial charge in [-0.1, -0.05) is 32.9 Å². The molecular formula is C14H24O3Si. The molecule has 0 radical (unpaired) electrons. The Kier molecular flexibility index (Phi) is 3.55. The second-order valence-corrected chi connectivity index (χ2v) is 11.7. The molecule has 18 heavy (non-hydrogen) atoms. The summed E-state index contributed by atoms with van der Waals surface area (Å²) in [4.78, 5) is 11.2.